The predicted octanol–water partition coefficient (Wildman–Crippen LogP) is 3.14. The van der Waals surface area contributed by atoms with E-state index in [1.54, 1.807) is 24.3 Å². The third kappa shape index (κ3) is 4.10. The van der Waals surface area contributed by atoms with Crippen LogP contribution in [-0.2, 0) is 22.2 Å². The third-order valence-electron chi connectivity index (χ3n) is 3.43. The molecule has 5 nitrogen and oxygen atoms in total. The maximum atomic E-state index is 12.2. The summed E-state index contributed by atoms with van der Waals surface area (Å²) in [4.78, 5) is 0. The summed E-state index contributed by atoms with van der Waals surface area (Å²) in [5, 5.41) is 5.23. The fourth-order valence-electron chi connectivity index (χ4n) is 2.28. The number of para-hydroxylation sites is 1. The molecule has 0 fully saturated rings. The number of sulfonamides is 1. The maximum Gasteiger partial charge on any atom is 0.217 e. The number of benzene rings is 2. The number of aromatic nitrogens is 1. The molecule has 1 N–H and O–H groups in total. The molecule has 1 heterocycles. The number of rotatable bonds is 6. The van der Waals surface area contributed by atoms with Gasteiger partial charge < -0.3 is 4.52 Å². The fourth-order valence-corrected chi connectivity index (χ4v) is 3.48. The van der Waals surface area contributed by atoms with Gasteiger partial charge in [-0.25, -0.2) is 13.1 Å². The van der Waals surface area contributed by atoms with Crippen LogP contribution in [0.2, 0.25) is 5.02 Å². The van der Waals surface area contributed by atoms with Gasteiger partial charge in [0.2, 0.25) is 10.0 Å². The van der Waals surface area contributed by atoms with Crippen LogP contribution in [0.3, 0.4) is 0 Å². The summed E-state index contributed by atoms with van der Waals surface area (Å²) in [5.74, 6) is -0.204. The molecule has 0 amide bonds. The molecule has 0 atom stereocenters. The zero-order valence-electron chi connectivity index (χ0n) is 12.2. The van der Waals surface area contributed by atoms with Crippen molar-refractivity contribution in [2.45, 2.75) is 12.2 Å². The van der Waals surface area contributed by atoms with Crippen LogP contribution >= 0.6 is 11.6 Å². The molecular weight excluding hydrogens is 336 g/mol. The first kappa shape index (κ1) is 16.0. The highest BCUT2D eigenvalue weighted by Gasteiger charge is 2.16. The van der Waals surface area contributed by atoms with Crippen LogP contribution < -0.4 is 4.72 Å². The smallest absolute Gasteiger partial charge is 0.217 e. The Morgan fingerprint density at radius 3 is 2.61 bits per heavy atom. The molecule has 0 saturated carbocycles. The van der Waals surface area contributed by atoms with Crippen molar-refractivity contribution in [1.29, 1.82) is 0 Å². The molecule has 0 unspecified atom stereocenters. The second-order valence-electron chi connectivity index (χ2n) is 5.16. The molecule has 7 heteroatoms. The van der Waals surface area contributed by atoms with Crippen molar-refractivity contribution in [2.24, 2.45) is 0 Å². The molecule has 23 heavy (non-hydrogen) atoms. The van der Waals surface area contributed by atoms with Gasteiger partial charge in [0, 0.05) is 17.0 Å². The Morgan fingerprint density at radius 2 is 1.83 bits per heavy atom. The van der Waals surface area contributed by atoms with Crippen LogP contribution in [0.15, 0.2) is 53.1 Å². The Hall–Kier alpha value is -1.89. The highest BCUT2D eigenvalue weighted by atomic mass is 35.5. The van der Waals surface area contributed by atoms with Crippen LogP contribution in [0.1, 0.15) is 11.3 Å². The summed E-state index contributed by atoms with van der Waals surface area (Å²) in [5.41, 5.74) is 2.02. The highest BCUT2D eigenvalue weighted by Crippen LogP contribution is 2.19. The average molecular weight is 351 g/mol. The van der Waals surface area contributed by atoms with E-state index in [-0.39, 0.29) is 5.75 Å². The largest absolute Gasteiger partial charge is 0.356 e. The Labute approximate surface area is 139 Å². The van der Waals surface area contributed by atoms with Gasteiger partial charge in [-0.05, 0) is 36.2 Å². The molecule has 2 aromatic carbocycles. The Kier molecular flexibility index (Phi) is 4.66. The van der Waals surface area contributed by atoms with Gasteiger partial charge in [0.05, 0.1) is 0 Å². The standard InChI is InChI=1S/C16H15ClN2O3S/c17-13-7-5-12(6-8-13)9-10-18-23(20,21)11-15-14-3-1-2-4-16(14)22-19-15/h1-8,18H,9-11H2. The van der Waals surface area contributed by atoms with Crippen LogP contribution in [0.25, 0.3) is 11.0 Å². The minimum Gasteiger partial charge on any atom is -0.356 e. The first-order valence-electron chi connectivity index (χ1n) is 7.08. The molecule has 0 radical (unpaired) electrons. The van der Waals surface area contributed by atoms with Gasteiger partial charge in [-0.1, -0.05) is 41.0 Å². The molecule has 3 aromatic rings. The maximum absolute atomic E-state index is 12.2. The molecule has 120 valence electrons. The second-order valence-corrected chi connectivity index (χ2v) is 7.40. The molecule has 0 spiro atoms. The van der Waals surface area contributed by atoms with E-state index in [0.717, 1.165) is 10.9 Å². The number of halogens is 1. The van der Waals surface area contributed by atoms with Crippen molar-refractivity contribution in [2.75, 3.05) is 6.54 Å². The van der Waals surface area contributed by atoms with E-state index < -0.39 is 10.0 Å². The number of hydrogen-bond acceptors (Lipinski definition) is 4. The average Bonchev–Trinajstić information content (AvgIpc) is 2.92. The van der Waals surface area contributed by atoms with Gasteiger partial charge in [0.1, 0.15) is 11.4 Å². The van der Waals surface area contributed by atoms with Gasteiger partial charge >= 0.3 is 0 Å². The lowest BCUT2D eigenvalue weighted by atomic mass is 10.2. The summed E-state index contributed by atoms with van der Waals surface area (Å²) in [6, 6.07) is 14.5. The van der Waals surface area contributed by atoms with E-state index in [4.69, 9.17) is 16.1 Å². The summed E-state index contributed by atoms with van der Waals surface area (Å²) in [6.45, 7) is 0.319. The van der Waals surface area contributed by atoms with Crippen molar-refractivity contribution in [3.05, 3.63) is 64.8 Å². The molecule has 0 aliphatic rings. The molecule has 1 aromatic heterocycles. The van der Waals surface area contributed by atoms with Crippen molar-refractivity contribution in [3.63, 3.8) is 0 Å². The van der Waals surface area contributed by atoms with Crippen molar-refractivity contribution in [3.8, 4) is 0 Å². The van der Waals surface area contributed by atoms with E-state index in [1.807, 2.05) is 24.3 Å². The number of hydrogen-bond donors (Lipinski definition) is 1. The lowest BCUT2D eigenvalue weighted by Gasteiger charge is -2.05. The molecule has 0 aliphatic carbocycles. The van der Waals surface area contributed by atoms with Crippen LogP contribution in [-0.4, -0.2) is 20.1 Å². The SMILES string of the molecule is O=S(=O)(Cc1noc2ccccc12)NCCc1ccc(Cl)cc1. The van der Waals surface area contributed by atoms with Gasteiger partial charge in [0.25, 0.3) is 0 Å². The van der Waals surface area contributed by atoms with Crippen molar-refractivity contribution < 1.29 is 12.9 Å². The Bertz CT molecular complexity index is 904. The van der Waals surface area contributed by atoms with Crippen LogP contribution in [0.4, 0.5) is 0 Å². The number of nitrogens with zero attached hydrogens (tertiary/aromatic N) is 1. The minimum absolute atomic E-state index is 0.204. The quantitative estimate of drug-likeness (QED) is 0.741. The van der Waals surface area contributed by atoms with Gasteiger partial charge in [0.15, 0.2) is 5.58 Å². The van der Waals surface area contributed by atoms with Gasteiger partial charge in [-0.3, -0.25) is 0 Å². The first-order chi connectivity index (χ1) is 11.0. The van der Waals surface area contributed by atoms with Crippen molar-refractivity contribution in [1.82, 2.24) is 9.88 Å². The predicted molar refractivity (Wildman–Crippen MR) is 89.8 cm³/mol. The Morgan fingerprint density at radius 1 is 1.09 bits per heavy atom. The van der Waals surface area contributed by atoms with Crippen LogP contribution in [0.5, 0.6) is 0 Å². The lowest BCUT2D eigenvalue weighted by molar-refractivity contribution is 0.448. The summed E-state index contributed by atoms with van der Waals surface area (Å²) >= 11 is 5.82. The molecule has 0 saturated heterocycles. The summed E-state index contributed by atoms with van der Waals surface area (Å²) in [6.07, 6.45) is 0.593. The minimum atomic E-state index is -3.47. The molecule has 0 aliphatic heterocycles. The molecular formula is C16H15ClN2O3S. The Balaban J connectivity index is 1.62. The molecule has 3 rings (SSSR count). The van der Waals surface area contributed by atoms with Crippen molar-refractivity contribution >= 4 is 32.6 Å². The topological polar surface area (TPSA) is 72.2 Å². The van der Waals surface area contributed by atoms with Crippen LogP contribution in [0, 0.1) is 0 Å². The first-order valence-corrected chi connectivity index (χ1v) is 9.12. The van der Waals surface area contributed by atoms with E-state index in [2.05, 4.69) is 9.88 Å². The monoisotopic (exact) mass is 350 g/mol. The third-order valence-corrected chi connectivity index (χ3v) is 4.98. The van der Waals surface area contributed by atoms with E-state index in [1.165, 1.54) is 0 Å². The van der Waals surface area contributed by atoms with E-state index >= 15 is 0 Å². The van der Waals surface area contributed by atoms with Gasteiger partial charge in [-0.2, -0.15) is 0 Å². The number of fused-ring (bicyclic) bond motifs is 1. The second kappa shape index (κ2) is 6.70. The summed E-state index contributed by atoms with van der Waals surface area (Å²) in [7, 11) is -3.47. The zero-order valence-corrected chi connectivity index (χ0v) is 13.8. The fraction of sp³-hybridized carbons (Fsp3) is 0.188. The summed E-state index contributed by atoms with van der Waals surface area (Å²) < 4.78 is 32.1. The number of nitrogens with one attached hydrogen (secondary N) is 1. The zero-order chi connectivity index (χ0) is 16.3. The highest BCUT2D eigenvalue weighted by molar-refractivity contribution is 7.88. The normalized spacial score (nSPS) is 11.9. The molecule has 0 bridgehead atoms. The van der Waals surface area contributed by atoms with E-state index in [0.29, 0.717) is 29.3 Å². The lowest BCUT2D eigenvalue weighted by Crippen LogP contribution is -2.27. The van der Waals surface area contributed by atoms with E-state index in [9.17, 15) is 8.42 Å². The van der Waals surface area contributed by atoms with Gasteiger partial charge in [-0.15, -0.1) is 0 Å².